The minimum Gasteiger partial charge on any atom is -0.457 e. The number of aryl methyl sites for hydroxylation is 2. The Labute approximate surface area is 139 Å². The van der Waals surface area contributed by atoms with Gasteiger partial charge in [0.05, 0.1) is 0 Å². The average molecular weight is 304 g/mol. The Morgan fingerprint density at radius 2 is 1.74 bits per heavy atom. The predicted octanol–water partition coefficient (Wildman–Crippen LogP) is 5.94. The summed E-state index contributed by atoms with van der Waals surface area (Å²) in [5.41, 5.74) is 3.79. The molecule has 0 aromatic heterocycles. The summed E-state index contributed by atoms with van der Waals surface area (Å²) >= 11 is 0. The first-order valence-corrected chi connectivity index (χ1v) is 7.97. The summed E-state index contributed by atoms with van der Waals surface area (Å²) in [5, 5.41) is 0. The normalized spacial score (nSPS) is 12.2. The van der Waals surface area contributed by atoms with Gasteiger partial charge < -0.3 is 4.74 Å². The molecule has 0 heterocycles. The van der Waals surface area contributed by atoms with Crippen molar-refractivity contribution in [1.29, 1.82) is 0 Å². The van der Waals surface area contributed by atoms with Gasteiger partial charge in [0.15, 0.2) is 0 Å². The molecular weight excluding hydrogens is 280 g/mol. The molecule has 0 unspecified atom stereocenters. The van der Waals surface area contributed by atoms with Crippen LogP contribution in [0.25, 0.3) is 0 Å². The summed E-state index contributed by atoms with van der Waals surface area (Å²) in [5.74, 6) is 1.70. The fourth-order valence-corrected chi connectivity index (χ4v) is 2.28. The van der Waals surface area contributed by atoms with Crippen LogP contribution in [-0.2, 0) is 6.42 Å². The number of hydrogen-bond acceptors (Lipinski definition) is 1. The molecule has 23 heavy (non-hydrogen) atoms. The molecule has 0 aliphatic rings. The van der Waals surface area contributed by atoms with E-state index in [9.17, 15) is 0 Å². The second-order valence-electron chi connectivity index (χ2n) is 5.61. The molecule has 0 aliphatic heterocycles. The van der Waals surface area contributed by atoms with E-state index in [0.29, 0.717) is 0 Å². The molecule has 2 aromatic rings. The second kappa shape index (κ2) is 8.79. The summed E-state index contributed by atoms with van der Waals surface area (Å²) in [6.45, 7) is 6.18. The summed E-state index contributed by atoms with van der Waals surface area (Å²) in [4.78, 5) is 0. The highest BCUT2D eigenvalue weighted by Gasteiger charge is 1.97. The smallest absolute Gasteiger partial charge is 0.127 e. The van der Waals surface area contributed by atoms with Crippen LogP contribution in [0.4, 0.5) is 0 Å². The second-order valence-corrected chi connectivity index (χ2v) is 5.61. The van der Waals surface area contributed by atoms with Crippen molar-refractivity contribution in [2.75, 3.05) is 0 Å². The molecule has 2 rings (SSSR count). The van der Waals surface area contributed by atoms with Gasteiger partial charge in [-0.1, -0.05) is 60.2 Å². The van der Waals surface area contributed by atoms with E-state index in [4.69, 9.17) is 4.74 Å². The van der Waals surface area contributed by atoms with E-state index in [-0.39, 0.29) is 0 Å². The number of rotatable bonds is 6. The van der Waals surface area contributed by atoms with E-state index in [0.717, 1.165) is 17.9 Å². The minimum atomic E-state index is 0.835. The van der Waals surface area contributed by atoms with Crippen molar-refractivity contribution in [3.8, 4) is 5.75 Å². The molecule has 0 atom stereocenters. The predicted molar refractivity (Wildman–Crippen MR) is 98.7 cm³/mol. The summed E-state index contributed by atoms with van der Waals surface area (Å²) in [7, 11) is 0. The topological polar surface area (TPSA) is 9.23 Å². The molecule has 0 amide bonds. The van der Waals surface area contributed by atoms with Crippen LogP contribution in [-0.4, -0.2) is 0 Å². The lowest BCUT2D eigenvalue weighted by Crippen LogP contribution is -1.93. The Bertz CT molecular complexity index is 720. The minimum absolute atomic E-state index is 0.835. The summed E-state index contributed by atoms with van der Waals surface area (Å²) < 4.78 is 5.98. The molecule has 0 bridgehead atoms. The van der Waals surface area contributed by atoms with Gasteiger partial charge in [0.1, 0.15) is 11.5 Å². The SMILES string of the molecule is C\C=C/C=C(\C=C\Cc1cccc(C)c1)Oc1cccc(C)c1. The summed E-state index contributed by atoms with van der Waals surface area (Å²) in [6, 6.07) is 16.7. The van der Waals surface area contributed by atoms with Gasteiger partial charge in [-0.3, -0.25) is 0 Å². The molecule has 0 spiro atoms. The standard InChI is InChI=1S/C22H24O/c1-4-5-13-21(23-22-15-7-10-19(3)17-22)14-8-12-20-11-6-9-18(2)16-20/h4-11,13-17H,12H2,1-3H3/b5-4-,14-8+,21-13+. The molecule has 0 aliphatic carbocycles. The highest BCUT2D eigenvalue weighted by Crippen LogP contribution is 2.16. The van der Waals surface area contributed by atoms with Crippen LogP contribution in [0.15, 0.2) is 84.7 Å². The molecule has 0 saturated carbocycles. The van der Waals surface area contributed by atoms with Crippen molar-refractivity contribution in [2.45, 2.75) is 27.2 Å². The zero-order chi connectivity index (χ0) is 16.5. The van der Waals surface area contributed by atoms with E-state index in [1.165, 1.54) is 16.7 Å². The molecule has 0 N–H and O–H groups in total. The molecule has 0 saturated heterocycles. The zero-order valence-corrected chi connectivity index (χ0v) is 14.1. The number of benzene rings is 2. The Morgan fingerprint density at radius 3 is 2.43 bits per heavy atom. The maximum absolute atomic E-state index is 5.98. The van der Waals surface area contributed by atoms with Gasteiger partial charge in [0, 0.05) is 0 Å². The quantitative estimate of drug-likeness (QED) is 0.474. The lowest BCUT2D eigenvalue weighted by molar-refractivity contribution is 0.444. The summed E-state index contributed by atoms with van der Waals surface area (Å²) in [6.07, 6.45) is 11.0. The highest BCUT2D eigenvalue weighted by atomic mass is 16.5. The number of ether oxygens (including phenoxy) is 1. The monoisotopic (exact) mass is 304 g/mol. The third kappa shape index (κ3) is 5.99. The van der Waals surface area contributed by atoms with Gasteiger partial charge in [-0.05, 0) is 62.6 Å². The number of hydrogen-bond donors (Lipinski definition) is 0. The van der Waals surface area contributed by atoms with Crippen molar-refractivity contribution in [2.24, 2.45) is 0 Å². The largest absolute Gasteiger partial charge is 0.457 e. The van der Waals surface area contributed by atoms with Crippen LogP contribution >= 0.6 is 0 Å². The molecule has 0 fully saturated rings. The van der Waals surface area contributed by atoms with Crippen molar-refractivity contribution >= 4 is 0 Å². The van der Waals surface area contributed by atoms with Crippen molar-refractivity contribution < 1.29 is 4.74 Å². The zero-order valence-electron chi connectivity index (χ0n) is 14.1. The maximum Gasteiger partial charge on any atom is 0.127 e. The van der Waals surface area contributed by atoms with Crippen LogP contribution in [0, 0.1) is 13.8 Å². The molecule has 1 nitrogen and oxygen atoms in total. The van der Waals surface area contributed by atoms with Crippen LogP contribution in [0.2, 0.25) is 0 Å². The fourth-order valence-electron chi connectivity index (χ4n) is 2.28. The van der Waals surface area contributed by atoms with Crippen molar-refractivity contribution in [1.82, 2.24) is 0 Å². The van der Waals surface area contributed by atoms with Crippen LogP contribution < -0.4 is 4.74 Å². The fraction of sp³-hybridized carbons (Fsp3) is 0.182. The van der Waals surface area contributed by atoms with E-state index in [1.54, 1.807) is 0 Å². The van der Waals surface area contributed by atoms with E-state index < -0.39 is 0 Å². The van der Waals surface area contributed by atoms with E-state index >= 15 is 0 Å². The first kappa shape index (κ1) is 16.8. The first-order valence-electron chi connectivity index (χ1n) is 7.97. The van der Waals surface area contributed by atoms with E-state index in [1.807, 2.05) is 49.4 Å². The Kier molecular flexibility index (Phi) is 6.43. The maximum atomic E-state index is 5.98. The molecule has 118 valence electrons. The molecule has 1 heteroatoms. The lowest BCUT2D eigenvalue weighted by atomic mass is 10.1. The van der Waals surface area contributed by atoms with Gasteiger partial charge >= 0.3 is 0 Å². The van der Waals surface area contributed by atoms with Crippen LogP contribution in [0.3, 0.4) is 0 Å². The molecular formula is C22H24O. The van der Waals surface area contributed by atoms with Gasteiger partial charge in [-0.15, -0.1) is 0 Å². The molecule has 0 radical (unpaired) electrons. The Balaban J connectivity index is 2.08. The first-order chi connectivity index (χ1) is 11.2. The van der Waals surface area contributed by atoms with Crippen LogP contribution in [0.1, 0.15) is 23.6 Å². The lowest BCUT2D eigenvalue weighted by Gasteiger charge is -2.07. The Morgan fingerprint density at radius 1 is 1.00 bits per heavy atom. The third-order valence-corrected chi connectivity index (χ3v) is 3.40. The molecule has 2 aromatic carbocycles. The van der Waals surface area contributed by atoms with Crippen molar-refractivity contribution in [3.05, 3.63) is 101 Å². The van der Waals surface area contributed by atoms with Gasteiger partial charge in [-0.2, -0.15) is 0 Å². The van der Waals surface area contributed by atoms with E-state index in [2.05, 4.69) is 50.3 Å². The Hall–Kier alpha value is -2.54. The van der Waals surface area contributed by atoms with Gasteiger partial charge in [0.25, 0.3) is 0 Å². The van der Waals surface area contributed by atoms with Gasteiger partial charge in [0.2, 0.25) is 0 Å². The van der Waals surface area contributed by atoms with Crippen LogP contribution in [0.5, 0.6) is 5.75 Å². The van der Waals surface area contributed by atoms with Crippen molar-refractivity contribution in [3.63, 3.8) is 0 Å². The highest BCUT2D eigenvalue weighted by molar-refractivity contribution is 5.32. The third-order valence-electron chi connectivity index (χ3n) is 3.40. The average Bonchev–Trinajstić information content (AvgIpc) is 2.52. The van der Waals surface area contributed by atoms with Gasteiger partial charge in [-0.25, -0.2) is 0 Å². The number of allylic oxidation sites excluding steroid dienone is 5.